The van der Waals surface area contributed by atoms with Gasteiger partial charge in [0, 0.05) is 11.3 Å². The van der Waals surface area contributed by atoms with Crippen molar-refractivity contribution in [3.05, 3.63) is 35.4 Å². The zero-order chi connectivity index (χ0) is 10.4. The van der Waals surface area contributed by atoms with Crippen molar-refractivity contribution < 1.29 is 9.53 Å². The maximum Gasteiger partial charge on any atom is 0.150 e. The van der Waals surface area contributed by atoms with E-state index in [0.717, 1.165) is 17.6 Å². The van der Waals surface area contributed by atoms with Gasteiger partial charge >= 0.3 is 0 Å². The smallest absolute Gasteiger partial charge is 0.150 e. The number of carbonyl (C=O) groups excluding carboxylic acids is 1. The fraction of sp³-hybridized carbons (Fsp3) is 0.182. The first-order chi connectivity index (χ1) is 6.81. The number of ether oxygens (including phenoxy) is 1. The van der Waals surface area contributed by atoms with Gasteiger partial charge in [-0.15, -0.1) is 0 Å². The van der Waals surface area contributed by atoms with Gasteiger partial charge in [0.2, 0.25) is 0 Å². The van der Waals surface area contributed by atoms with Crippen LogP contribution in [0.5, 0.6) is 5.75 Å². The third-order valence-corrected chi connectivity index (χ3v) is 2.03. The SMILES string of the molecule is COc1ccc(C=O)c(C=CCS)c1. The Bertz CT molecular complexity index is 345. The molecule has 3 heteroatoms. The number of aldehydes is 1. The molecule has 0 saturated heterocycles. The minimum Gasteiger partial charge on any atom is -0.497 e. The monoisotopic (exact) mass is 208 g/mol. The van der Waals surface area contributed by atoms with Crippen LogP contribution in [0.1, 0.15) is 15.9 Å². The van der Waals surface area contributed by atoms with E-state index < -0.39 is 0 Å². The van der Waals surface area contributed by atoms with Crippen LogP contribution in [-0.2, 0) is 0 Å². The van der Waals surface area contributed by atoms with Crippen molar-refractivity contribution in [2.75, 3.05) is 12.9 Å². The molecule has 0 aliphatic heterocycles. The minimum absolute atomic E-state index is 0.648. The summed E-state index contributed by atoms with van der Waals surface area (Å²) in [5.41, 5.74) is 1.51. The van der Waals surface area contributed by atoms with Crippen molar-refractivity contribution in [2.45, 2.75) is 0 Å². The number of hydrogen-bond donors (Lipinski definition) is 1. The zero-order valence-corrected chi connectivity index (χ0v) is 8.83. The van der Waals surface area contributed by atoms with E-state index in [2.05, 4.69) is 12.6 Å². The van der Waals surface area contributed by atoms with E-state index >= 15 is 0 Å². The molecule has 0 aliphatic carbocycles. The average molecular weight is 208 g/mol. The Hall–Kier alpha value is -1.22. The molecule has 0 amide bonds. The molecule has 1 rings (SSSR count). The molecule has 2 nitrogen and oxygen atoms in total. The Morgan fingerprint density at radius 3 is 2.79 bits per heavy atom. The Kier molecular flexibility index (Phi) is 4.26. The van der Waals surface area contributed by atoms with E-state index in [1.54, 1.807) is 19.2 Å². The predicted molar refractivity (Wildman–Crippen MR) is 61.3 cm³/mol. The summed E-state index contributed by atoms with van der Waals surface area (Å²) in [4.78, 5) is 10.7. The predicted octanol–water partition coefficient (Wildman–Crippen LogP) is 2.45. The number of carbonyl (C=O) groups is 1. The second-order valence-corrected chi connectivity index (χ2v) is 3.06. The molecule has 0 fully saturated rings. The number of rotatable bonds is 4. The fourth-order valence-corrected chi connectivity index (χ4v) is 1.22. The Balaban J connectivity index is 3.08. The minimum atomic E-state index is 0.648. The van der Waals surface area contributed by atoms with E-state index in [1.165, 1.54) is 0 Å². The molecule has 0 radical (unpaired) electrons. The highest BCUT2D eigenvalue weighted by atomic mass is 32.1. The van der Waals surface area contributed by atoms with Crippen molar-refractivity contribution >= 4 is 25.0 Å². The van der Waals surface area contributed by atoms with Gasteiger partial charge in [0.25, 0.3) is 0 Å². The van der Waals surface area contributed by atoms with Crippen LogP contribution < -0.4 is 4.74 Å². The lowest BCUT2D eigenvalue weighted by molar-refractivity contribution is 0.112. The molecule has 74 valence electrons. The van der Waals surface area contributed by atoms with Crippen LogP contribution in [0.15, 0.2) is 24.3 Å². The maximum atomic E-state index is 10.7. The van der Waals surface area contributed by atoms with E-state index in [0.29, 0.717) is 11.3 Å². The molecule has 0 heterocycles. The molecular weight excluding hydrogens is 196 g/mol. The van der Waals surface area contributed by atoms with Crippen molar-refractivity contribution in [3.63, 3.8) is 0 Å². The van der Waals surface area contributed by atoms with Crippen LogP contribution in [0.3, 0.4) is 0 Å². The highest BCUT2D eigenvalue weighted by Crippen LogP contribution is 2.17. The molecule has 0 saturated carbocycles. The number of benzene rings is 1. The van der Waals surface area contributed by atoms with Crippen LogP contribution in [0.4, 0.5) is 0 Å². The molecule has 0 atom stereocenters. The first-order valence-corrected chi connectivity index (χ1v) is 4.85. The largest absolute Gasteiger partial charge is 0.497 e. The summed E-state index contributed by atoms with van der Waals surface area (Å²) < 4.78 is 5.07. The number of thiol groups is 1. The van der Waals surface area contributed by atoms with Crippen LogP contribution in [-0.4, -0.2) is 19.1 Å². The summed E-state index contributed by atoms with van der Waals surface area (Å²) in [6.45, 7) is 0. The lowest BCUT2D eigenvalue weighted by Gasteiger charge is -2.03. The number of hydrogen-bond acceptors (Lipinski definition) is 3. The third-order valence-electron chi connectivity index (χ3n) is 1.82. The summed E-state index contributed by atoms with van der Waals surface area (Å²) in [6.07, 6.45) is 4.57. The van der Waals surface area contributed by atoms with Crippen LogP contribution in [0.25, 0.3) is 6.08 Å². The highest BCUT2D eigenvalue weighted by Gasteiger charge is 1.99. The van der Waals surface area contributed by atoms with Gasteiger partial charge in [-0.2, -0.15) is 12.6 Å². The van der Waals surface area contributed by atoms with Crippen molar-refractivity contribution in [2.24, 2.45) is 0 Å². The van der Waals surface area contributed by atoms with Gasteiger partial charge in [0.15, 0.2) is 6.29 Å². The molecule has 0 bridgehead atoms. The number of methoxy groups -OCH3 is 1. The molecule has 1 aromatic carbocycles. The van der Waals surface area contributed by atoms with Crippen LogP contribution in [0.2, 0.25) is 0 Å². The molecular formula is C11H12O2S. The molecule has 0 unspecified atom stereocenters. The second-order valence-electron chi connectivity index (χ2n) is 2.70. The summed E-state index contributed by atoms with van der Waals surface area (Å²) >= 11 is 4.06. The van der Waals surface area contributed by atoms with Crippen molar-refractivity contribution in [1.82, 2.24) is 0 Å². The molecule has 14 heavy (non-hydrogen) atoms. The quantitative estimate of drug-likeness (QED) is 0.607. The van der Waals surface area contributed by atoms with Gasteiger partial charge in [-0.1, -0.05) is 12.2 Å². The standard InChI is InChI=1S/C11H12O2S/c1-13-11-5-4-10(8-12)9(7-11)3-2-6-14/h2-5,7-8,14H,6H2,1H3. The second kappa shape index (κ2) is 5.50. The molecule has 0 aromatic heterocycles. The summed E-state index contributed by atoms with van der Waals surface area (Å²) in [5, 5.41) is 0. The zero-order valence-electron chi connectivity index (χ0n) is 7.93. The molecule has 0 aliphatic rings. The van der Waals surface area contributed by atoms with Crippen molar-refractivity contribution in [3.8, 4) is 5.75 Å². The van der Waals surface area contributed by atoms with E-state index in [-0.39, 0.29) is 0 Å². The van der Waals surface area contributed by atoms with E-state index in [9.17, 15) is 4.79 Å². The first-order valence-electron chi connectivity index (χ1n) is 4.22. The Morgan fingerprint density at radius 1 is 1.43 bits per heavy atom. The lowest BCUT2D eigenvalue weighted by Crippen LogP contribution is -1.89. The normalized spacial score (nSPS) is 10.4. The fourth-order valence-electron chi connectivity index (χ4n) is 1.11. The van der Waals surface area contributed by atoms with E-state index in [4.69, 9.17) is 4.74 Å². The lowest BCUT2D eigenvalue weighted by atomic mass is 10.1. The van der Waals surface area contributed by atoms with Gasteiger partial charge in [0.05, 0.1) is 7.11 Å². The molecule has 0 N–H and O–H groups in total. The molecule has 0 spiro atoms. The van der Waals surface area contributed by atoms with E-state index in [1.807, 2.05) is 18.2 Å². The Morgan fingerprint density at radius 2 is 2.21 bits per heavy atom. The summed E-state index contributed by atoms with van der Waals surface area (Å²) in [5.74, 6) is 1.39. The van der Waals surface area contributed by atoms with Crippen LogP contribution in [0, 0.1) is 0 Å². The Labute approximate surface area is 89.0 Å². The summed E-state index contributed by atoms with van der Waals surface area (Å²) in [6, 6.07) is 5.33. The third kappa shape index (κ3) is 2.64. The molecule has 1 aromatic rings. The van der Waals surface area contributed by atoms with Crippen LogP contribution >= 0.6 is 12.6 Å². The highest BCUT2D eigenvalue weighted by molar-refractivity contribution is 7.80. The van der Waals surface area contributed by atoms with Gasteiger partial charge in [0.1, 0.15) is 5.75 Å². The topological polar surface area (TPSA) is 26.3 Å². The van der Waals surface area contributed by atoms with Gasteiger partial charge in [-0.25, -0.2) is 0 Å². The average Bonchev–Trinajstić information content (AvgIpc) is 2.25. The summed E-state index contributed by atoms with van der Waals surface area (Å²) in [7, 11) is 1.60. The maximum absolute atomic E-state index is 10.7. The van der Waals surface area contributed by atoms with Crippen molar-refractivity contribution in [1.29, 1.82) is 0 Å². The van der Waals surface area contributed by atoms with Gasteiger partial charge in [-0.3, -0.25) is 4.79 Å². The first kappa shape index (κ1) is 10.9. The van der Waals surface area contributed by atoms with Gasteiger partial charge in [-0.05, 0) is 23.8 Å². The van der Waals surface area contributed by atoms with Gasteiger partial charge < -0.3 is 4.74 Å².